The topological polar surface area (TPSA) is 15.3 Å². The molecule has 0 spiro atoms. The van der Waals surface area contributed by atoms with Crippen molar-refractivity contribution in [2.24, 2.45) is 0 Å². The van der Waals surface area contributed by atoms with Crippen LogP contribution < -0.4 is 5.32 Å². The molecule has 0 aliphatic carbocycles. The molecule has 2 atom stereocenters. The summed E-state index contributed by atoms with van der Waals surface area (Å²) in [6.07, 6.45) is -4.31. The number of rotatable bonds is 3. The molecule has 0 radical (unpaired) electrons. The second kappa shape index (κ2) is 6.37. The van der Waals surface area contributed by atoms with Gasteiger partial charge in [-0.15, -0.1) is 0 Å². The van der Waals surface area contributed by atoms with Gasteiger partial charge in [-0.3, -0.25) is 4.90 Å². The van der Waals surface area contributed by atoms with Crippen LogP contribution in [-0.2, 0) is 6.18 Å². The van der Waals surface area contributed by atoms with Gasteiger partial charge in [0.25, 0.3) is 0 Å². The Morgan fingerprint density at radius 3 is 2.65 bits per heavy atom. The molecule has 2 unspecified atom stereocenters. The predicted molar refractivity (Wildman–Crippen MR) is 77.0 cm³/mol. The summed E-state index contributed by atoms with van der Waals surface area (Å²) in [5, 5.41) is 3.08. The van der Waals surface area contributed by atoms with E-state index in [4.69, 9.17) is 0 Å². The third kappa shape index (κ3) is 3.30. The van der Waals surface area contributed by atoms with E-state index in [0.717, 1.165) is 24.1 Å². The molecule has 20 heavy (non-hydrogen) atoms. The zero-order chi connectivity index (χ0) is 14.8. The smallest absolute Gasteiger partial charge is 0.312 e. The molecular formula is C14H19F3N2S. The maximum absolute atomic E-state index is 13.2. The van der Waals surface area contributed by atoms with Gasteiger partial charge in [0.05, 0.1) is 5.56 Å². The van der Waals surface area contributed by atoms with Crippen LogP contribution in [0.2, 0.25) is 0 Å². The normalized spacial score (nSPS) is 22.8. The Bertz CT molecular complexity index is 450. The van der Waals surface area contributed by atoms with Crippen LogP contribution in [0.4, 0.5) is 13.2 Å². The number of halogens is 3. The molecule has 0 bridgehead atoms. The van der Waals surface area contributed by atoms with Gasteiger partial charge >= 0.3 is 6.18 Å². The molecule has 1 saturated heterocycles. The number of likely N-dealkylation sites (N-methyl/N-ethyl adjacent to an activating group) is 2. The van der Waals surface area contributed by atoms with Gasteiger partial charge < -0.3 is 5.32 Å². The van der Waals surface area contributed by atoms with Crippen LogP contribution in [0.5, 0.6) is 0 Å². The van der Waals surface area contributed by atoms with E-state index in [1.54, 1.807) is 30.9 Å². The third-order valence-electron chi connectivity index (χ3n) is 3.74. The number of nitrogens with zero attached hydrogens (tertiary/aromatic N) is 1. The first-order valence-corrected chi connectivity index (χ1v) is 7.72. The Labute approximate surface area is 121 Å². The van der Waals surface area contributed by atoms with Crippen molar-refractivity contribution in [1.29, 1.82) is 0 Å². The number of hydrogen-bond donors (Lipinski definition) is 1. The number of nitrogens with one attached hydrogen (secondary N) is 1. The van der Waals surface area contributed by atoms with Crippen molar-refractivity contribution in [1.82, 2.24) is 10.2 Å². The molecule has 2 nitrogen and oxygen atoms in total. The highest BCUT2D eigenvalue weighted by atomic mass is 32.2. The molecule has 1 aromatic rings. The lowest BCUT2D eigenvalue weighted by Gasteiger charge is -2.38. The first-order chi connectivity index (χ1) is 9.45. The minimum Gasteiger partial charge on any atom is -0.312 e. The first-order valence-electron chi connectivity index (χ1n) is 6.56. The summed E-state index contributed by atoms with van der Waals surface area (Å²) in [4.78, 5) is 2.14. The van der Waals surface area contributed by atoms with Crippen molar-refractivity contribution in [2.45, 2.75) is 18.3 Å². The van der Waals surface area contributed by atoms with Gasteiger partial charge in [-0.25, -0.2) is 0 Å². The highest BCUT2D eigenvalue weighted by molar-refractivity contribution is 7.99. The minimum atomic E-state index is -4.31. The molecule has 1 aliphatic heterocycles. The molecule has 1 fully saturated rings. The van der Waals surface area contributed by atoms with E-state index in [1.165, 1.54) is 6.07 Å². The van der Waals surface area contributed by atoms with Crippen molar-refractivity contribution in [3.63, 3.8) is 0 Å². The fourth-order valence-corrected chi connectivity index (χ4v) is 3.91. The zero-order valence-corrected chi connectivity index (χ0v) is 12.4. The van der Waals surface area contributed by atoms with E-state index < -0.39 is 11.7 Å². The molecule has 1 heterocycles. The van der Waals surface area contributed by atoms with Crippen molar-refractivity contribution >= 4 is 11.8 Å². The summed E-state index contributed by atoms with van der Waals surface area (Å²) in [6, 6.07) is 5.61. The molecule has 0 aromatic heterocycles. The summed E-state index contributed by atoms with van der Waals surface area (Å²) >= 11 is 1.80. The van der Waals surface area contributed by atoms with Gasteiger partial charge in [0.2, 0.25) is 0 Å². The molecule has 6 heteroatoms. The van der Waals surface area contributed by atoms with Crippen LogP contribution in [0.1, 0.15) is 17.2 Å². The van der Waals surface area contributed by atoms with Crippen molar-refractivity contribution < 1.29 is 13.2 Å². The summed E-state index contributed by atoms with van der Waals surface area (Å²) < 4.78 is 39.5. The lowest BCUT2D eigenvalue weighted by molar-refractivity contribution is -0.138. The summed E-state index contributed by atoms with van der Waals surface area (Å²) in [5.41, 5.74) is -0.204. The first kappa shape index (κ1) is 15.7. The number of alkyl halides is 3. The van der Waals surface area contributed by atoms with Gasteiger partial charge in [-0.05, 0) is 25.7 Å². The molecular weight excluding hydrogens is 285 g/mol. The van der Waals surface area contributed by atoms with E-state index in [0.29, 0.717) is 5.56 Å². The number of hydrogen-bond acceptors (Lipinski definition) is 3. The predicted octanol–water partition coefficient (Wildman–Crippen LogP) is 3.01. The van der Waals surface area contributed by atoms with Gasteiger partial charge in [-0.2, -0.15) is 24.9 Å². The average Bonchev–Trinajstić information content (AvgIpc) is 2.41. The minimum absolute atomic E-state index is 0.0715. The van der Waals surface area contributed by atoms with E-state index in [1.807, 2.05) is 7.05 Å². The Kier molecular flexibility index (Phi) is 4.99. The SMILES string of the molecule is CNC(c1ccccc1C(F)(F)F)C1CSCCN1C. The van der Waals surface area contributed by atoms with Gasteiger partial charge in [0.1, 0.15) is 0 Å². The molecule has 0 amide bonds. The van der Waals surface area contributed by atoms with E-state index in [-0.39, 0.29) is 12.1 Å². The van der Waals surface area contributed by atoms with Crippen LogP contribution >= 0.6 is 11.8 Å². The van der Waals surface area contributed by atoms with Crippen LogP contribution in [0.25, 0.3) is 0 Å². The molecule has 1 aliphatic rings. The third-order valence-corrected chi connectivity index (χ3v) is 4.79. The summed E-state index contributed by atoms with van der Waals surface area (Å²) in [7, 11) is 3.70. The highest BCUT2D eigenvalue weighted by Crippen LogP contribution is 2.37. The Hall–Kier alpha value is -0.720. The summed E-state index contributed by atoms with van der Waals surface area (Å²) in [6.45, 7) is 0.904. The fourth-order valence-electron chi connectivity index (χ4n) is 2.64. The van der Waals surface area contributed by atoms with Crippen LogP contribution in [-0.4, -0.2) is 43.1 Å². The monoisotopic (exact) mass is 304 g/mol. The fraction of sp³-hybridized carbons (Fsp3) is 0.571. The molecule has 0 saturated carbocycles. The number of thioether (sulfide) groups is 1. The van der Waals surface area contributed by atoms with E-state index >= 15 is 0 Å². The quantitative estimate of drug-likeness (QED) is 0.924. The zero-order valence-electron chi connectivity index (χ0n) is 11.6. The van der Waals surface area contributed by atoms with E-state index in [2.05, 4.69) is 10.2 Å². The standard InChI is InChI=1S/C14H19F3N2S/c1-18-13(12-9-20-8-7-19(12)2)10-5-3-4-6-11(10)14(15,16)17/h3-6,12-13,18H,7-9H2,1-2H3. The lowest BCUT2D eigenvalue weighted by atomic mass is 9.94. The summed E-state index contributed by atoms with van der Waals surface area (Å²) in [5.74, 6) is 1.87. The Morgan fingerprint density at radius 2 is 2.05 bits per heavy atom. The van der Waals surface area contributed by atoms with Crippen molar-refractivity contribution in [2.75, 3.05) is 32.1 Å². The highest BCUT2D eigenvalue weighted by Gasteiger charge is 2.37. The van der Waals surface area contributed by atoms with Crippen LogP contribution in [0.3, 0.4) is 0 Å². The lowest BCUT2D eigenvalue weighted by Crippen LogP contribution is -2.47. The Balaban J connectivity index is 2.37. The maximum atomic E-state index is 13.2. The van der Waals surface area contributed by atoms with Crippen molar-refractivity contribution in [3.8, 4) is 0 Å². The van der Waals surface area contributed by atoms with Gasteiger partial charge in [-0.1, -0.05) is 18.2 Å². The largest absolute Gasteiger partial charge is 0.416 e. The molecule has 112 valence electrons. The molecule has 2 rings (SSSR count). The maximum Gasteiger partial charge on any atom is 0.416 e. The second-order valence-corrected chi connectivity index (χ2v) is 6.12. The molecule has 1 aromatic carbocycles. The van der Waals surface area contributed by atoms with Gasteiger partial charge in [0.15, 0.2) is 0 Å². The average molecular weight is 304 g/mol. The molecule has 1 N–H and O–H groups in total. The van der Waals surface area contributed by atoms with Crippen molar-refractivity contribution in [3.05, 3.63) is 35.4 Å². The number of benzene rings is 1. The van der Waals surface area contributed by atoms with Gasteiger partial charge in [0, 0.05) is 30.1 Å². The Morgan fingerprint density at radius 1 is 1.35 bits per heavy atom. The second-order valence-electron chi connectivity index (χ2n) is 4.97. The van der Waals surface area contributed by atoms with Crippen LogP contribution in [0, 0.1) is 0 Å². The van der Waals surface area contributed by atoms with E-state index in [9.17, 15) is 13.2 Å². The van der Waals surface area contributed by atoms with Crippen LogP contribution in [0.15, 0.2) is 24.3 Å².